The summed E-state index contributed by atoms with van der Waals surface area (Å²) in [5.41, 5.74) is 0. The molecule has 1 N–H and O–H groups in total. The largest absolute Gasteiger partial charge is 0.357 e. The molecular formula is C8H8BrN3. The van der Waals surface area contributed by atoms with E-state index in [-0.39, 0.29) is 6.04 Å². The van der Waals surface area contributed by atoms with E-state index < -0.39 is 0 Å². The second-order valence-corrected chi connectivity index (χ2v) is 3.07. The van der Waals surface area contributed by atoms with Gasteiger partial charge in [-0.3, -0.25) is 0 Å². The summed E-state index contributed by atoms with van der Waals surface area (Å²) in [7, 11) is 0. The van der Waals surface area contributed by atoms with Gasteiger partial charge in [-0.2, -0.15) is 0 Å². The fourth-order valence-corrected chi connectivity index (χ4v) is 0.984. The second kappa shape index (κ2) is 4.07. The van der Waals surface area contributed by atoms with Gasteiger partial charge in [-0.05, 0) is 22.9 Å². The van der Waals surface area contributed by atoms with Crippen molar-refractivity contribution in [3.05, 3.63) is 17.0 Å². The highest BCUT2D eigenvalue weighted by molar-refractivity contribution is 9.10. The molecule has 0 amide bonds. The first kappa shape index (κ1) is 9.01. The molecule has 0 spiro atoms. The van der Waals surface area contributed by atoms with Gasteiger partial charge in [-0.15, -0.1) is 6.42 Å². The van der Waals surface area contributed by atoms with Gasteiger partial charge in [0, 0.05) is 6.07 Å². The zero-order valence-electron chi connectivity index (χ0n) is 6.58. The van der Waals surface area contributed by atoms with E-state index in [1.807, 2.05) is 6.92 Å². The lowest BCUT2D eigenvalue weighted by molar-refractivity contribution is 0.999. The number of nitrogens with zero attached hydrogens (tertiary/aromatic N) is 2. The molecule has 1 unspecified atom stereocenters. The van der Waals surface area contributed by atoms with E-state index in [1.165, 1.54) is 6.33 Å². The quantitative estimate of drug-likeness (QED) is 0.615. The highest BCUT2D eigenvalue weighted by atomic mass is 79.9. The Hall–Kier alpha value is -1.08. The van der Waals surface area contributed by atoms with Gasteiger partial charge in [0.05, 0.1) is 6.04 Å². The van der Waals surface area contributed by atoms with Gasteiger partial charge < -0.3 is 5.32 Å². The van der Waals surface area contributed by atoms with Crippen molar-refractivity contribution in [3.63, 3.8) is 0 Å². The Labute approximate surface area is 79.7 Å². The number of hydrogen-bond donors (Lipinski definition) is 1. The molecule has 12 heavy (non-hydrogen) atoms. The van der Waals surface area contributed by atoms with Crippen LogP contribution >= 0.6 is 15.9 Å². The Morgan fingerprint density at radius 1 is 1.67 bits per heavy atom. The van der Waals surface area contributed by atoms with Crippen molar-refractivity contribution in [1.29, 1.82) is 0 Å². The van der Waals surface area contributed by atoms with E-state index >= 15 is 0 Å². The van der Waals surface area contributed by atoms with Gasteiger partial charge >= 0.3 is 0 Å². The monoisotopic (exact) mass is 225 g/mol. The summed E-state index contributed by atoms with van der Waals surface area (Å²) in [6.07, 6.45) is 6.66. The average molecular weight is 226 g/mol. The van der Waals surface area contributed by atoms with E-state index in [0.29, 0.717) is 0 Å². The predicted octanol–water partition coefficient (Wildman–Crippen LogP) is 1.67. The molecule has 62 valence electrons. The Bertz CT molecular complexity index is 305. The van der Waals surface area contributed by atoms with E-state index in [4.69, 9.17) is 6.42 Å². The smallest absolute Gasteiger partial charge is 0.131 e. The number of halogens is 1. The standard InChI is InChI=1S/C8H8BrN3/c1-3-6(2)12-8-4-7(9)10-5-11-8/h1,4-6H,2H3,(H,10,11,12). The maximum atomic E-state index is 5.19. The van der Waals surface area contributed by atoms with Gasteiger partial charge in [-0.25, -0.2) is 9.97 Å². The molecule has 4 heteroatoms. The number of anilines is 1. The van der Waals surface area contributed by atoms with Crippen molar-refractivity contribution in [2.75, 3.05) is 5.32 Å². The van der Waals surface area contributed by atoms with E-state index in [2.05, 4.69) is 37.1 Å². The molecule has 0 saturated heterocycles. The molecule has 0 saturated carbocycles. The van der Waals surface area contributed by atoms with Crippen LogP contribution in [-0.2, 0) is 0 Å². The molecule has 1 aromatic rings. The summed E-state index contributed by atoms with van der Waals surface area (Å²) in [5.74, 6) is 3.27. The van der Waals surface area contributed by atoms with Crippen LogP contribution in [0.1, 0.15) is 6.92 Å². The van der Waals surface area contributed by atoms with Crippen LogP contribution in [0.2, 0.25) is 0 Å². The third-order valence-corrected chi connectivity index (χ3v) is 1.68. The molecule has 0 radical (unpaired) electrons. The predicted molar refractivity (Wildman–Crippen MR) is 51.6 cm³/mol. The normalized spacial score (nSPS) is 11.8. The van der Waals surface area contributed by atoms with Gasteiger partial charge in [-0.1, -0.05) is 5.92 Å². The third kappa shape index (κ3) is 2.51. The van der Waals surface area contributed by atoms with E-state index in [9.17, 15) is 0 Å². The van der Waals surface area contributed by atoms with E-state index in [1.54, 1.807) is 6.07 Å². The van der Waals surface area contributed by atoms with Crippen molar-refractivity contribution in [1.82, 2.24) is 9.97 Å². The molecular weight excluding hydrogens is 218 g/mol. The van der Waals surface area contributed by atoms with Gasteiger partial charge in [0.1, 0.15) is 16.7 Å². The van der Waals surface area contributed by atoms with Crippen LogP contribution in [0.15, 0.2) is 17.0 Å². The molecule has 0 aliphatic heterocycles. The number of aromatic nitrogens is 2. The third-order valence-electron chi connectivity index (χ3n) is 1.25. The Morgan fingerprint density at radius 2 is 2.42 bits per heavy atom. The first-order valence-electron chi connectivity index (χ1n) is 3.42. The van der Waals surface area contributed by atoms with Crippen LogP contribution in [0.5, 0.6) is 0 Å². The highest BCUT2D eigenvalue weighted by Gasteiger charge is 1.98. The summed E-state index contributed by atoms with van der Waals surface area (Å²) < 4.78 is 0.740. The molecule has 3 nitrogen and oxygen atoms in total. The highest BCUT2D eigenvalue weighted by Crippen LogP contribution is 2.09. The Balaban J connectivity index is 2.71. The molecule has 1 atom stereocenters. The summed E-state index contributed by atoms with van der Waals surface area (Å²) in [6, 6.07) is 1.75. The minimum Gasteiger partial charge on any atom is -0.357 e. The van der Waals surface area contributed by atoms with Crippen molar-refractivity contribution in [2.45, 2.75) is 13.0 Å². The molecule has 0 aromatic carbocycles. The number of hydrogen-bond acceptors (Lipinski definition) is 3. The molecule has 0 bridgehead atoms. The molecule has 1 aromatic heterocycles. The molecule has 1 rings (SSSR count). The average Bonchev–Trinajstić information content (AvgIpc) is 2.04. The van der Waals surface area contributed by atoms with Gasteiger partial charge in [0.15, 0.2) is 0 Å². The minimum absolute atomic E-state index is 0.0215. The first-order valence-corrected chi connectivity index (χ1v) is 4.22. The summed E-state index contributed by atoms with van der Waals surface area (Å²) >= 11 is 3.23. The summed E-state index contributed by atoms with van der Waals surface area (Å²) in [5, 5.41) is 3.02. The van der Waals surface area contributed by atoms with E-state index in [0.717, 1.165) is 10.4 Å². The first-order chi connectivity index (χ1) is 5.72. The van der Waals surface area contributed by atoms with Crippen LogP contribution < -0.4 is 5.32 Å². The molecule has 1 heterocycles. The van der Waals surface area contributed by atoms with Crippen molar-refractivity contribution < 1.29 is 0 Å². The fourth-order valence-electron chi connectivity index (χ4n) is 0.676. The maximum Gasteiger partial charge on any atom is 0.131 e. The summed E-state index contributed by atoms with van der Waals surface area (Å²) in [6.45, 7) is 1.88. The van der Waals surface area contributed by atoms with Gasteiger partial charge in [0.25, 0.3) is 0 Å². The number of nitrogens with one attached hydrogen (secondary N) is 1. The lowest BCUT2D eigenvalue weighted by atomic mass is 10.3. The lowest BCUT2D eigenvalue weighted by Gasteiger charge is -2.06. The zero-order chi connectivity index (χ0) is 8.97. The zero-order valence-corrected chi connectivity index (χ0v) is 8.17. The SMILES string of the molecule is C#CC(C)Nc1cc(Br)ncn1. The number of rotatable bonds is 2. The fraction of sp³-hybridized carbons (Fsp3) is 0.250. The molecule has 0 aliphatic rings. The van der Waals surface area contributed by atoms with Crippen molar-refractivity contribution in [3.8, 4) is 12.3 Å². The van der Waals surface area contributed by atoms with Crippen LogP contribution in [0, 0.1) is 12.3 Å². The summed E-state index contributed by atoms with van der Waals surface area (Å²) in [4.78, 5) is 7.87. The second-order valence-electron chi connectivity index (χ2n) is 2.26. The number of terminal acetylenes is 1. The minimum atomic E-state index is -0.0215. The van der Waals surface area contributed by atoms with Crippen molar-refractivity contribution >= 4 is 21.7 Å². The van der Waals surface area contributed by atoms with Crippen LogP contribution in [0.25, 0.3) is 0 Å². The molecule has 0 aliphatic carbocycles. The topological polar surface area (TPSA) is 37.8 Å². The lowest BCUT2D eigenvalue weighted by Crippen LogP contribution is -2.13. The van der Waals surface area contributed by atoms with Crippen LogP contribution in [-0.4, -0.2) is 16.0 Å². The van der Waals surface area contributed by atoms with Crippen molar-refractivity contribution in [2.24, 2.45) is 0 Å². The maximum absolute atomic E-state index is 5.19. The molecule has 0 fully saturated rings. The van der Waals surface area contributed by atoms with Gasteiger partial charge in [0.2, 0.25) is 0 Å². The Morgan fingerprint density at radius 3 is 3.00 bits per heavy atom. The van der Waals surface area contributed by atoms with Crippen LogP contribution in [0.4, 0.5) is 5.82 Å². The van der Waals surface area contributed by atoms with Crippen LogP contribution in [0.3, 0.4) is 0 Å². The Kier molecular flexibility index (Phi) is 3.06.